The monoisotopic (exact) mass is 516 g/mol. The Hall–Kier alpha value is -5.21. The van der Waals surface area contributed by atoms with Gasteiger partial charge in [-0.3, -0.25) is 15.0 Å². The number of aromatic nitrogens is 2. The van der Waals surface area contributed by atoms with Gasteiger partial charge in [0.2, 0.25) is 0 Å². The molecule has 0 aliphatic carbocycles. The molecule has 8 heteroatoms. The van der Waals surface area contributed by atoms with E-state index in [4.69, 9.17) is 0 Å². The van der Waals surface area contributed by atoms with Crippen LogP contribution in [-0.4, -0.2) is 33.7 Å². The first-order valence-corrected chi connectivity index (χ1v) is 12.6. The normalized spacial score (nSPS) is 11.0. The third-order valence-corrected chi connectivity index (χ3v) is 6.14. The highest BCUT2D eigenvalue weighted by Gasteiger charge is 2.06. The van der Waals surface area contributed by atoms with Gasteiger partial charge in [0, 0.05) is 53.8 Å². The molecule has 0 saturated heterocycles. The topological polar surface area (TPSA) is 92.5 Å². The first-order chi connectivity index (χ1) is 19.2. The number of hydrogen-bond acceptors (Lipinski definition) is 4. The SMILES string of the molecule is O=C(N/N=C/c1cccc(CCNNC(=O)c2ccc(-n3cccc3)cc2)c1)c1ccc(-n2cccc2)cc1. The molecule has 2 heterocycles. The van der Waals surface area contributed by atoms with E-state index in [1.165, 1.54) is 0 Å². The minimum atomic E-state index is -0.277. The molecule has 5 rings (SSSR count). The van der Waals surface area contributed by atoms with E-state index in [2.05, 4.69) is 21.4 Å². The maximum Gasteiger partial charge on any atom is 0.271 e. The summed E-state index contributed by atoms with van der Waals surface area (Å²) < 4.78 is 3.96. The van der Waals surface area contributed by atoms with Crippen molar-refractivity contribution in [2.45, 2.75) is 6.42 Å². The second-order valence-corrected chi connectivity index (χ2v) is 8.85. The highest BCUT2D eigenvalue weighted by Crippen LogP contribution is 2.11. The van der Waals surface area contributed by atoms with Crippen molar-refractivity contribution in [3.8, 4) is 11.4 Å². The van der Waals surface area contributed by atoms with Crippen LogP contribution in [0.5, 0.6) is 0 Å². The zero-order valence-corrected chi connectivity index (χ0v) is 21.2. The van der Waals surface area contributed by atoms with Gasteiger partial charge in [-0.2, -0.15) is 5.10 Å². The zero-order chi connectivity index (χ0) is 26.9. The van der Waals surface area contributed by atoms with E-state index >= 15 is 0 Å². The quantitative estimate of drug-likeness (QED) is 0.145. The second kappa shape index (κ2) is 12.4. The Balaban J connectivity index is 1.06. The number of carbonyl (C=O) groups excluding carboxylic acids is 2. The average molecular weight is 517 g/mol. The number of nitrogens with one attached hydrogen (secondary N) is 3. The molecule has 0 atom stereocenters. The Labute approximate surface area is 226 Å². The van der Waals surface area contributed by atoms with Gasteiger partial charge in [0.25, 0.3) is 11.8 Å². The largest absolute Gasteiger partial charge is 0.324 e. The molecule has 5 aromatic rings. The maximum absolute atomic E-state index is 12.4. The van der Waals surface area contributed by atoms with E-state index in [9.17, 15) is 9.59 Å². The molecule has 3 aromatic carbocycles. The molecule has 0 fully saturated rings. The second-order valence-electron chi connectivity index (χ2n) is 8.85. The zero-order valence-electron chi connectivity index (χ0n) is 21.2. The molecule has 2 aromatic heterocycles. The molecule has 0 saturated carbocycles. The maximum atomic E-state index is 12.4. The molecule has 0 radical (unpaired) electrons. The molecule has 2 amide bonds. The van der Waals surface area contributed by atoms with Crippen LogP contribution in [0, 0.1) is 0 Å². The standard InChI is InChI=1S/C31H28N6O2/c38-30(26-8-12-28(13-9-26)36-18-1-2-19-36)34-32-17-16-24-6-5-7-25(22-24)23-33-35-31(39)27-10-14-29(15-11-27)37-20-3-4-21-37/h1-15,18-23,32H,16-17H2,(H,34,38)(H,35,39)/b33-23+. The van der Waals surface area contributed by atoms with Gasteiger partial charge in [-0.05, 0) is 90.3 Å². The molecular weight excluding hydrogens is 488 g/mol. The molecule has 0 aliphatic heterocycles. The number of hydrogen-bond donors (Lipinski definition) is 3. The predicted molar refractivity (Wildman–Crippen MR) is 152 cm³/mol. The molecule has 0 aliphatic rings. The number of nitrogens with zero attached hydrogens (tertiary/aromatic N) is 3. The summed E-state index contributed by atoms with van der Waals surface area (Å²) in [5.74, 6) is -0.467. The van der Waals surface area contributed by atoms with E-state index in [-0.39, 0.29) is 11.8 Å². The van der Waals surface area contributed by atoms with E-state index < -0.39 is 0 Å². The van der Waals surface area contributed by atoms with E-state index in [0.717, 1.165) is 22.5 Å². The first-order valence-electron chi connectivity index (χ1n) is 12.6. The van der Waals surface area contributed by atoms with Gasteiger partial charge in [-0.15, -0.1) is 0 Å². The third-order valence-electron chi connectivity index (χ3n) is 6.14. The van der Waals surface area contributed by atoms with Crippen molar-refractivity contribution in [2.24, 2.45) is 5.10 Å². The van der Waals surface area contributed by atoms with Gasteiger partial charge in [0.1, 0.15) is 0 Å². The smallest absolute Gasteiger partial charge is 0.271 e. The highest BCUT2D eigenvalue weighted by atomic mass is 16.2. The minimum absolute atomic E-state index is 0.190. The molecule has 8 nitrogen and oxygen atoms in total. The van der Waals surface area contributed by atoms with Gasteiger partial charge in [0.05, 0.1) is 6.21 Å². The van der Waals surface area contributed by atoms with Crippen molar-refractivity contribution in [1.82, 2.24) is 25.4 Å². The summed E-state index contributed by atoms with van der Waals surface area (Å²) in [5.41, 5.74) is 13.3. The number of carbonyl (C=O) groups is 2. The van der Waals surface area contributed by atoms with Crippen LogP contribution in [0.4, 0.5) is 0 Å². The van der Waals surface area contributed by atoms with Gasteiger partial charge in [0.15, 0.2) is 0 Å². The fourth-order valence-corrected chi connectivity index (χ4v) is 4.06. The van der Waals surface area contributed by atoms with E-state index in [0.29, 0.717) is 24.1 Å². The van der Waals surface area contributed by atoms with Gasteiger partial charge in [-0.1, -0.05) is 24.3 Å². The molecule has 3 N–H and O–H groups in total. The summed E-state index contributed by atoms with van der Waals surface area (Å²) >= 11 is 0. The molecule has 0 unspecified atom stereocenters. The van der Waals surface area contributed by atoms with Gasteiger partial charge in [-0.25, -0.2) is 10.9 Å². The molecule has 194 valence electrons. The summed E-state index contributed by atoms with van der Waals surface area (Å²) in [6.07, 6.45) is 10.1. The van der Waals surface area contributed by atoms with Crippen LogP contribution in [0.2, 0.25) is 0 Å². The van der Waals surface area contributed by atoms with Crippen molar-refractivity contribution in [1.29, 1.82) is 0 Å². The summed E-state index contributed by atoms with van der Waals surface area (Å²) in [7, 11) is 0. The summed E-state index contributed by atoms with van der Waals surface area (Å²) in [5, 5.41) is 4.10. The van der Waals surface area contributed by atoms with E-state index in [1.807, 2.05) is 107 Å². The molecule has 0 bridgehead atoms. The first kappa shape index (κ1) is 25.4. The lowest BCUT2D eigenvalue weighted by Gasteiger charge is -2.09. The van der Waals surface area contributed by atoms with Crippen LogP contribution in [0.3, 0.4) is 0 Å². The van der Waals surface area contributed by atoms with Gasteiger partial charge >= 0.3 is 0 Å². The third kappa shape index (κ3) is 6.76. The van der Waals surface area contributed by atoms with Crippen molar-refractivity contribution in [3.05, 3.63) is 144 Å². The average Bonchev–Trinajstić information content (AvgIpc) is 3.71. The van der Waals surface area contributed by atoms with Crippen LogP contribution in [0.1, 0.15) is 31.8 Å². The number of hydrazine groups is 1. The number of benzene rings is 3. The minimum Gasteiger partial charge on any atom is -0.324 e. The van der Waals surface area contributed by atoms with Crippen molar-refractivity contribution in [3.63, 3.8) is 0 Å². The Morgan fingerprint density at radius 1 is 0.692 bits per heavy atom. The van der Waals surface area contributed by atoms with Crippen molar-refractivity contribution >= 4 is 18.0 Å². The predicted octanol–water partition coefficient (Wildman–Crippen LogP) is 4.51. The van der Waals surface area contributed by atoms with Crippen LogP contribution < -0.4 is 16.3 Å². The van der Waals surface area contributed by atoms with Crippen molar-refractivity contribution < 1.29 is 9.59 Å². The Morgan fingerprint density at radius 3 is 1.85 bits per heavy atom. The Morgan fingerprint density at radius 2 is 1.26 bits per heavy atom. The number of rotatable bonds is 10. The van der Waals surface area contributed by atoms with Crippen LogP contribution in [0.25, 0.3) is 11.4 Å². The van der Waals surface area contributed by atoms with Crippen LogP contribution in [0.15, 0.2) is 127 Å². The lowest BCUT2D eigenvalue weighted by atomic mass is 10.1. The molecule has 39 heavy (non-hydrogen) atoms. The highest BCUT2D eigenvalue weighted by molar-refractivity contribution is 5.95. The van der Waals surface area contributed by atoms with Crippen molar-refractivity contribution in [2.75, 3.05) is 6.54 Å². The lowest BCUT2D eigenvalue weighted by molar-refractivity contribution is 0.0931. The number of amides is 2. The molecular formula is C31H28N6O2. The van der Waals surface area contributed by atoms with E-state index in [1.54, 1.807) is 30.5 Å². The summed E-state index contributed by atoms with van der Waals surface area (Å²) in [6, 6.07) is 30.4. The molecule has 0 spiro atoms. The Kier molecular flexibility index (Phi) is 8.06. The number of hydrazone groups is 1. The summed E-state index contributed by atoms with van der Waals surface area (Å²) in [4.78, 5) is 24.8. The fraction of sp³-hybridized carbons (Fsp3) is 0.0645. The Bertz CT molecular complexity index is 1540. The fourth-order valence-electron chi connectivity index (χ4n) is 4.06. The lowest BCUT2D eigenvalue weighted by Crippen LogP contribution is -2.38. The van der Waals surface area contributed by atoms with Crippen LogP contribution in [-0.2, 0) is 6.42 Å². The van der Waals surface area contributed by atoms with Crippen LogP contribution >= 0.6 is 0 Å². The summed E-state index contributed by atoms with van der Waals surface area (Å²) in [6.45, 7) is 0.559. The van der Waals surface area contributed by atoms with Gasteiger partial charge < -0.3 is 9.13 Å².